The molecule has 0 amide bonds. The first-order valence-corrected chi connectivity index (χ1v) is 7.99. The summed E-state index contributed by atoms with van der Waals surface area (Å²) in [4.78, 5) is 5.95. The van der Waals surface area contributed by atoms with Gasteiger partial charge in [0.05, 0.1) is 25.6 Å². The average Bonchev–Trinajstić information content (AvgIpc) is 2.96. The van der Waals surface area contributed by atoms with Gasteiger partial charge in [-0.25, -0.2) is 4.98 Å². The monoisotopic (exact) mass is 326 g/mol. The zero-order chi connectivity index (χ0) is 16.4. The fourth-order valence-electron chi connectivity index (χ4n) is 2.40. The van der Waals surface area contributed by atoms with E-state index in [0.29, 0.717) is 11.4 Å². The number of anilines is 1. The van der Waals surface area contributed by atoms with Crippen LogP contribution in [-0.2, 0) is 0 Å². The van der Waals surface area contributed by atoms with Gasteiger partial charge in [-0.05, 0) is 49.4 Å². The molecule has 0 aliphatic carbocycles. The van der Waals surface area contributed by atoms with Gasteiger partial charge in [-0.3, -0.25) is 0 Å². The van der Waals surface area contributed by atoms with Gasteiger partial charge in [0.2, 0.25) is 0 Å². The van der Waals surface area contributed by atoms with Crippen molar-refractivity contribution in [2.75, 3.05) is 20.0 Å². The van der Waals surface area contributed by atoms with Crippen molar-refractivity contribution in [1.82, 2.24) is 4.98 Å². The van der Waals surface area contributed by atoms with Crippen LogP contribution in [0.2, 0.25) is 0 Å². The number of aryl methyl sites for hydroxylation is 1. The maximum Gasteiger partial charge on any atom is 0.141 e. The lowest BCUT2D eigenvalue weighted by atomic mass is 10.1. The Hall–Kier alpha value is -2.53. The SMILES string of the molecule is COc1ccc(-c2nc(-c3ccc(OC)c(N)c3)sc2C)cc1. The third-order valence-corrected chi connectivity index (χ3v) is 4.66. The molecule has 0 aliphatic rings. The van der Waals surface area contributed by atoms with Gasteiger partial charge in [-0.15, -0.1) is 11.3 Å². The predicted molar refractivity (Wildman–Crippen MR) is 95.2 cm³/mol. The van der Waals surface area contributed by atoms with Crippen LogP contribution in [0.15, 0.2) is 42.5 Å². The van der Waals surface area contributed by atoms with E-state index in [1.54, 1.807) is 25.6 Å². The Bertz CT molecular complexity index is 826. The molecule has 0 spiro atoms. The molecule has 2 aromatic carbocycles. The second-order valence-electron chi connectivity index (χ2n) is 5.11. The van der Waals surface area contributed by atoms with Gasteiger partial charge >= 0.3 is 0 Å². The second kappa shape index (κ2) is 6.30. The molecule has 23 heavy (non-hydrogen) atoms. The minimum absolute atomic E-state index is 0.615. The van der Waals surface area contributed by atoms with Crippen molar-refractivity contribution in [3.05, 3.63) is 47.3 Å². The lowest BCUT2D eigenvalue weighted by Gasteiger charge is -2.05. The van der Waals surface area contributed by atoms with E-state index in [1.807, 2.05) is 42.5 Å². The van der Waals surface area contributed by atoms with E-state index in [4.69, 9.17) is 20.2 Å². The van der Waals surface area contributed by atoms with E-state index in [2.05, 4.69) is 6.92 Å². The molecule has 0 radical (unpaired) electrons. The summed E-state index contributed by atoms with van der Waals surface area (Å²) in [5.41, 5.74) is 9.67. The number of ether oxygens (including phenoxy) is 2. The van der Waals surface area contributed by atoms with Crippen LogP contribution in [0, 0.1) is 6.92 Å². The first-order chi connectivity index (χ1) is 11.1. The largest absolute Gasteiger partial charge is 0.497 e. The van der Waals surface area contributed by atoms with Gasteiger partial charge in [0.1, 0.15) is 16.5 Å². The average molecular weight is 326 g/mol. The molecule has 1 aromatic heterocycles. The molecule has 0 fully saturated rings. The quantitative estimate of drug-likeness (QED) is 0.723. The highest BCUT2D eigenvalue weighted by atomic mass is 32.1. The number of nitrogens with two attached hydrogens (primary N) is 1. The zero-order valence-electron chi connectivity index (χ0n) is 13.3. The number of benzene rings is 2. The van der Waals surface area contributed by atoms with Crippen LogP contribution >= 0.6 is 11.3 Å². The Morgan fingerprint density at radius 3 is 2.26 bits per heavy atom. The van der Waals surface area contributed by atoms with E-state index in [0.717, 1.165) is 27.6 Å². The molecular formula is C18H18N2O2S. The van der Waals surface area contributed by atoms with Crippen LogP contribution in [0.3, 0.4) is 0 Å². The Kier molecular flexibility index (Phi) is 4.21. The van der Waals surface area contributed by atoms with Crippen molar-refractivity contribution in [3.63, 3.8) is 0 Å². The normalized spacial score (nSPS) is 10.6. The maximum absolute atomic E-state index is 6.00. The Morgan fingerprint density at radius 1 is 0.957 bits per heavy atom. The summed E-state index contributed by atoms with van der Waals surface area (Å²) in [6, 6.07) is 13.7. The minimum Gasteiger partial charge on any atom is -0.497 e. The minimum atomic E-state index is 0.615. The number of nitrogens with zero attached hydrogens (tertiary/aromatic N) is 1. The molecule has 0 saturated carbocycles. The zero-order valence-corrected chi connectivity index (χ0v) is 14.1. The molecule has 2 N–H and O–H groups in total. The van der Waals surface area contributed by atoms with Crippen LogP contribution in [0.4, 0.5) is 5.69 Å². The van der Waals surface area contributed by atoms with Crippen molar-refractivity contribution in [1.29, 1.82) is 0 Å². The first-order valence-electron chi connectivity index (χ1n) is 7.18. The Morgan fingerprint density at radius 2 is 1.65 bits per heavy atom. The smallest absolute Gasteiger partial charge is 0.141 e. The summed E-state index contributed by atoms with van der Waals surface area (Å²) in [5.74, 6) is 1.52. The van der Waals surface area contributed by atoms with E-state index >= 15 is 0 Å². The molecule has 0 aliphatic heterocycles. The van der Waals surface area contributed by atoms with Gasteiger partial charge in [-0.2, -0.15) is 0 Å². The molecule has 1 heterocycles. The number of rotatable bonds is 4. The molecule has 0 saturated heterocycles. The second-order valence-corrected chi connectivity index (χ2v) is 6.31. The first kappa shape index (κ1) is 15.4. The van der Waals surface area contributed by atoms with Crippen LogP contribution in [-0.4, -0.2) is 19.2 Å². The summed E-state index contributed by atoms with van der Waals surface area (Å²) >= 11 is 1.66. The molecular weight excluding hydrogens is 308 g/mol. The summed E-state index contributed by atoms with van der Waals surface area (Å²) in [7, 11) is 3.27. The van der Waals surface area contributed by atoms with Gasteiger partial charge in [0.15, 0.2) is 0 Å². The summed E-state index contributed by atoms with van der Waals surface area (Å²) in [5, 5.41) is 0.947. The van der Waals surface area contributed by atoms with Gasteiger partial charge in [0.25, 0.3) is 0 Å². The van der Waals surface area contributed by atoms with Crippen LogP contribution in [0.1, 0.15) is 4.88 Å². The van der Waals surface area contributed by atoms with Crippen molar-refractivity contribution in [2.45, 2.75) is 6.92 Å². The van der Waals surface area contributed by atoms with E-state index in [-0.39, 0.29) is 0 Å². The number of hydrogen-bond donors (Lipinski definition) is 1. The van der Waals surface area contributed by atoms with Crippen LogP contribution in [0.5, 0.6) is 11.5 Å². The number of nitrogen functional groups attached to an aromatic ring is 1. The van der Waals surface area contributed by atoms with Crippen LogP contribution in [0.25, 0.3) is 21.8 Å². The maximum atomic E-state index is 6.00. The van der Waals surface area contributed by atoms with Crippen molar-refractivity contribution >= 4 is 17.0 Å². The van der Waals surface area contributed by atoms with Gasteiger partial charge in [0, 0.05) is 16.0 Å². The molecule has 118 valence electrons. The molecule has 0 unspecified atom stereocenters. The standard InChI is InChI=1S/C18H18N2O2S/c1-11-17(12-4-7-14(21-2)8-5-12)20-18(23-11)13-6-9-16(22-3)15(19)10-13/h4-10H,19H2,1-3H3. The molecule has 0 bridgehead atoms. The highest BCUT2D eigenvalue weighted by molar-refractivity contribution is 7.15. The van der Waals surface area contributed by atoms with Crippen molar-refractivity contribution in [3.8, 4) is 33.3 Å². The number of thiazole rings is 1. The lowest BCUT2D eigenvalue weighted by Crippen LogP contribution is -1.92. The Balaban J connectivity index is 1.98. The molecule has 3 rings (SSSR count). The van der Waals surface area contributed by atoms with Gasteiger partial charge < -0.3 is 15.2 Å². The highest BCUT2D eigenvalue weighted by Crippen LogP contribution is 2.36. The molecule has 0 atom stereocenters. The third kappa shape index (κ3) is 3.00. The lowest BCUT2D eigenvalue weighted by molar-refractivity contribution is 0.415. The summed E-state index contributed by atoms with van der Waals surface area (Å²) in [6.45, 7) is 2.08. The molecule has 3 aromatic rings. The van der Waals surface area contributed by atoms with E-state index in [1.165, 1.54) is 4.88 Å². The molecule has 4 nitrogen and oxygen atoms in total. The topological polar surface area (TPSA) is 57.4 Å². The fraction of sp³-hybridized carbons (Fsp3) is 0.167. The predicted octanol–water partition coefficient (Wildman–Crippen LogP) is 4.38. The third-order valence-electron chi connectivity index (χ3n) is 3.64. The highest BCUT2D eigenvalue weighted by Gasteiger charge is 2.12. The van der Waals surface area contributed by atoms with Crippen molar-refractivity contribution in [2.24, 2.45) is 0 Å². The number of aromatic nitrogens is 1. The summed E-state index contributed by atoms with van der Waals surface area (Å²) in [6.07, 6.45) is 0. The molecule has 5 heteroatoms. The van der Waals surface area contributed by atoms with Gasteiger partial charge in [-0.1, -0.05) is 0 Å². The number of methoxy groups -OCH3 is 2. The van der Waals surface area contributed by atoms with Crippen molar-refractivity contribution < 1.29 is 9.47 Å². The van der Waals surface area contributed by atoms with Crippen LogP contribution < -0.4 is 15.2 Å². The Labute approximate surface area is 139 Å². The summed E-state index contributed by atoms with van der Waals surface area (Å²) < 4.78 is 10.4. The van der Waals surface area contributed by atoms with E-state index < -0.39 is 0 Å². The number of hydrogen-bond acceptors (Lipinski definition) is 5. The fourth-order valence-corrected chi connectivity index (χ4v) is 3.34. The van der Waals surface area contributed by atoms with E-state index in [9.17, 15) is 0 Å².